The highest BCUT2D eigenvalue weighted by Gasteiger charge is 2.13. The second-order valence-corrected chi connectivity index (χ2v) is 2.94. The van der Waals surface area contributed by atoms with Crippen LogP contribution in [0.5, 0.6) is 0 Å². The summed E-state index contributed by atoms with van der Waals surface area (Å²) in [6.45, 7) is 0. The number of carbonyl (C=O) groups excluding carboxylic acids is 1. The third-order valence-electron chi connectivity index (χ3n) is 1.80. The first-order chi connectivity index (χ1) is 7.56. The first-order valence-electron chi connectivity index (χ1n) is 4.32. The number of esters is 1. The molecular weight excluding hydrogens is 218 g/mol. The molecule has 6 heteroatoms. The molecule has 0 amide bonds. The van der Waals surface area contributed by atoms with Crippen LogP contribution in [0.25, 0.3) is 0 Å². The number of hydrogen-bond donors (Lipinski definition) is 0. The first-order valence-corrected chi connectivity index (χ1v) is 4.32. The third kappa shape index (κ3) is 2.98. The van der Waals surface area contributed by atoms with E-state index in [-0.39, 0.29) is 17.7 Å². The van der Waals surface area contributed by atoms with Gasteiger partial charge in [0.05, 0.1) is 30.9 Å². The second-order valence-electron chi connectivity index (χ2n) is 2.94. The summed E-state index contributed by atoms with van der Waals surface area (Å²) in [6.07, 6.45) is -3.00. The first kappa shape index (κ1) is 12.0. The zero-order chi connectivity index (χ0) is 12.1. The molecule has 0 aliphatic heterocycles. The lowest BCUT2D eigenvalue weighted by atomic mass is 10.1. The number of carbonyl (C=O) groups is 1. The summed E-state index contributed by atoms with van der Waals surface area (Å²) in [5.74, 6) is -0.595. The number of hydrogen-bond acceptors (Lipinski definition) is 4. The SMILES string of the molecule is COC(=O)Cc1cc(C#N)cc(C(F)F)n1. The molecule has 1 aromatic rings. The maximum atomic E-state index is 12.4. The van der Waals surface area contributed by atoms with Crippen LogP contribution < -0.4 is 0 Å². The van der Waals surface area contributed by atoms with Gasteiger partial charge in [0.25, 0.3) is 6.43 Å². The van der Waals surface area contributed by atoms with Crippen molar-refractivity contribution in [2.75, 3.05) is 7.11 Å². The minimum absolute atomic E-state index is 0.0456. The van der Waals surface area contributed by atoms with Gasteiger partial charge < -0.3 is 4.74 Å². The van der Waals surface area contributed by atoms with E-state index in [2.05, 4.69) is 9.72 Å². The number of halogens is 2. The molecule has 1 aromatic heterocycles. The molecule has 0 N–H and O–H groups in total. The average molecular weight is 226 g/mol. The van der Waals surface area contributed by atoms with E-state index in [1.165, 1.54) is 13.2 Å². The Bertz CT molecular complexity index is 441. The number of alkyl halides is 2. The maximum Gasteiger partial charge on any atom is 0.311 e. The van der Waals surface area contributed by atoms with Crippen molar-refractivity contribution in [2.24, 2.45) is 0 Å². The standard InChI is InChI=1S/C10H8F2N2O2/c1-16-9(15)4-7-2-6(5-13)3-8(14-7)10(11)12/h2-3,10H,4H2,1H3. The lowest BCUT2D eigenvalue weighted by Crippen LogP contribution is -2.07. The monoisotopic (exact) mass is 226 g/mol. The van der Waals surface area contributed by atoms with E-state index < -0.39 is 18.1 Å². The number of rotatable bonds is 3. The number of ether oxygens (including phenoxy) is 1. The largest absolute Gasteiger partial charge is 0.469 e. The van der Waals surface area contributed by atoms with Gasteiger partial charge >= 0.3 is 5.97 Å². The molecule has 0 aliphatic rings. The molecule has 0 atom stereocenters. The lowest BCUT2D eigenvalue weighted by Gasteiger charge is -2.04. The van der Waals surface area contributed by atoms with Crippen molar-refractivity contribution in [3.8, 4) is 6.07 Å². The van der Waals surface area contributed by atoms with Crippen LogP contribution in [0, 0.1) is 11.3 Å². The molecule has 84 valence electrons. The van der Waals surface area contributed by atoms with E-state index in [0.717, 1.165) is 6.07 Å². The molecule has 0 radical (unpaired) electrons. The average Bonchev–Trinajstić information content (AvgIpc) is 2.28. The Kier molecular flexibility index (Phi) is 3.89. The van der Waals surface area contributed by atoms with E-state index in [9.17, 15) is 13.6 Å². The van der Waals surface area contributed by atoms with Gasteiger partial charge in [-0.1, -0.05) is 0 Å². The van der Waals surface area contributed by atoms with Gasteiger partial charge in [0.2, 0.25) is 0 Å². The summed E-state index contributed by atoms with van der Waals surface area (Å²) in [7, 11) is 1.19. The van der Waals surface area contributed by atoms with E-state index >= 15 is 0 Å². The van der Waals surface area contributed by atoms with Crippen molar-refractivity contribution in [1.82, 2.24) is 4.98 Å². The van der Waals surface area contributed by atoms with Crippen LogP contribution in [0.3, 0.4) is 0 Å². The van der Waals surface area contributed by atoms with Crippen LogP contribution in [0.1, 0.15) is 23.4 Å². The van der Waals surface area contributed by atoms with Gasteiger partial charge in [0, 0.05) is 0 Å². The molecule has 4 nitrogen and oxygen atoms in total. The fourth-order valence-electron chi connectivity index (χ4n) is 1.10. The number of nitrogens with zero attached hydrogens (tertiary/aromatic N) is 2. The quantitative estimate of drug-likeness (QED) is 0.734. The second kappa shape index (κ2) is 5.16. The van der Waals surface area contributed by atoms with Crippen LogP contribution in [0.15, 0.2) is 12.1 Å². The topological polar surface area (TPSA) is 63.0 Å². The molecule has 16 heavy (non-hydrogen) atoms. The van der Waals surface area contributed by atoms with Crippen LogP contribution in [0.2, 0.25) is 0 Å². The summed E-state index contributed by atoms with van der Waals surface area (Å²) < 4.78 is 29.2. The van der Waals surface area contributed by atoms with Gasteiger partial charge in [-0.05, 0) is 12.1 Å². The maximum absolute atomic E-state index is 12.4. The van der Waals surface area contributed by atoms with Crippen molar-refractivity contribution in [2.45, 2.75) is 12.8 Å². The molecule has 0 saturated heterocycles. The van der Waals surface area contributed by atoms with E-state index in [1.54, 1.807) is 6.07 Å². The molecule has 1 rings (SSSR count). The Morgan fingerprint density at radius 1 is 1.62 bits per heavy atom. The Morgan fingerprint density at radius 3 is 2.81 bits per heavy atom. The Balaban J connectivity index is 3.05. The minimum Gasteiger partial charge on any atom is -0.469 e. The van der Waals surface area contributed by atoms with Gasteiger partial charge in [0.1, 0.15) is 5.69 Å². The van der Waals surface area contributed by atoms with E-state index in [1.807, 2.05) is 0 Å². The summed E-state index contributed by atoms with van der Waals surface area (Å²) in [5, 5.41) is 8.62. The number of nitriles is 1. The zero-order valence-electron chi connectivity index (χ0n) is 8.41. The number of methoxy groups -OCH3 is 1. The normalized spacial score (nSPS) is 9.94. The van der Waals surface area contributed by atoms with Gasteiger partial charge in [-0.25, -0.2) is 8.78 Å². The van der Waals surface area contributed by atoms with Crippen LogP contribution >= 0.6 is 0 Å². The summed E-state index contributed by atoms with van der Waals surface area (Å²) in [5.41, 5.74) is -0.372. The van der Waals surface area contributed by atoms with Crippen LogP contribution in [0.4, 0.5) is 8.78 Å². The molecule has 0 unspecified atom stereocenters. The summed E-state index contributed by atoms with van der Waals surface area (Å²) in [6, 6.07) is 4.00. The molecule has 0 bridgehead atoms. The van der Waals surface area contributed by atoms with Gasteiger partial charge in [0.15, 0.2) is 0 Å². The van der Waals surface area contributed by atoms with Crippen LogP contribution in [-0.4, -0.2) is 18.1 Å². The molecule has 1 heterocycles. The summed E-state index contributed by atoms with van der Waals surface area (Å²) in [4.78, 5) is 14.5. The molecule has 0 aromatic carbocycles. The van der Waals surface area contributed by atoms with Crippen molar-refractivity contribution in [3.05, 3.63) is 29.1 Å². The smallest absolute Gasteiger partial charge is 0.311 e. The third-order valence-corrected chi connectivity index (χ3v) is 1.80. The molecule has 0 saturated carbocycles. The van der Waals surface area contributed by atoms with Crippen molar-refractivity contribution < 1.29 is 18.3 Å². The lowest BCUT2D eigenvalue weighted by molar-refractivity contribution is -0.139. The number of pyridine rings is 1. The van der Waals surface area contributed by atoms with E-state index in [0.29, 0.717) is 0 Å². The number of aromatic nitrogens is 1. The van der Waals surface area contributed by atoms with Crippen molar-refractivity contribution in [1.29, 1.82) is 5.26 Å². The molecule has 0 spiro atoms. The predicted molar refractivity (Wildman–Crippen MR) is 49.6 cm³/mol. The fourth-order valence-corrected chi connectivity index (χ4v) is 1.10. The highest BCUT2D eigenvalue weighted by Crippen LogP contribution is 2.18. The Hall–Kier alpha value is -2.03. The zero-order valence-corrected chi connectivity index (χ0v) is 8.41. The molecule has 0 fully saturated rings. The highest BCUT2D eigenvalue weighted by molar-refractivity contribution is 5.71. The minimum atomic E-state index is -2.77. The van der Waals surface area contributed by atoms with Crippen molar-refractivity contribution in [3.63, 3.8) is 0 Å². The van der Waals surface area contributed by atoms with Crippen LogP contribution in [-0.2, 0) is 16.0 Å². The molecule has 0 aliphatic carbocycles. The predicted octanol–water partition coefficient (Wildman–Crippen LogP) is 1.61. The molecular formula is C10H8F2N2O2. The summed E-state index contributed by atoms with van der Waals surface area (Å²) >= 11 is 0. The van der Waals surface area contributed by atoms with Gasteiger partial charge in [-0.2, -0.15) is 5.26 Å². The highest BCUT2D eigenvalue weighted by atomic mass is 19.3. The van der Waals surface area contributed by atoms with E-state index in [4.69, 9.17) is 5.26 Å². The fraction of sp³-hybridized carbons (Fsp3) is 0.300. The van der Waals surface area contributed by atoms with Crippen molar-refractivity contribution >= 4 is 5.97 Å². The Labute approximate surface area is 90.5 Å². The van der Waals surface area contributed by atoms with Gasteiger partial charge in [-0.3, -0.25) is 9.78 Å². The Morgan fingerprint density at radius 2 is 2.31 bits per heavy atom. The van der Waals surface area contributed by atoms with Gasteiger partial charge in [-0.15, -0.1) is 0 Å².